The van der Waals surface area contributed by atoms with Gasteiger partial charge >= 0.3 is 0 Å². The van der Waals surface area contributed by atoms with E-state index < -0.39 is 0 Å². The third kappa shape index (κ3) is 1.38. The number of nitrogens with one attached hydrogen (secondary N) is 1. The number of aromatic nitrogens is 6. The molecule has 0 saturated carbocycles. The van der Waals surface area contributed by atoms with Crippen LogP contribution in [0.25, 0.3) is 27.9 Å². The topological polar surface area (TPSA) is 102 Å². The van der Waals surface area contributed by atoms with Crippen LogP contribution < -0.4 is 5.56 Å². The Morgan fingerprint density at radius 3 is 3.00 bits per heavy atom. The van der Waals surface area contributed by atoms with Crippen LogP contribution in [-0.2, 0) is 0 Å². The van der Waals surface area contributed by atoms with E-state index in [1.165, 1.54) is 10.7 Å². The number of aromatic amines is 1. The van der Waals surface area contributed by atoms with Crippen molar-refractivity contribution in [1.29, 1.82) is 0 Å². The van der Waals surface area contributed by atoms with Crippen molar-refractivity contribution in [2.75, 3.05) is 0 Å². The Bertz CT molecular complexity index is 996. The normalized spacial score (nSPS) is 11.4. The lowest BCUT2D eigenvalue weighted by atomic mass is 10.2. The maximum atomic E-state index is 12.1. The molecule has 0 unspecified atom stereocenters. The maximum Gasteiger partial charge on any atom is 0.272 e. The van der Waals surface area contributed by atoms with E-state index in [9.17, 15) is 4.79 Å². The van der Waals surface area contributed by atoms with Crippen LogP contribution in [0.1, 0.15) is 5.76 Å². The molecule has 0 fully saturated rings. The van der Waals surface area contributed by atoms with Crippen LogP contribution >= 0.6 is 0 Å². The highest BCUT2D eigenvalue weighted by atomic mass is 16.5. The SMILES string of the molecule is Cc1cc(-c2nnc3c4ccncc4c(=O)[nH]n23)no1. The highest BCUT2D eigenvalue weighted by molar-refractivity contribution is 5.92. The lowest BCUT2D eigenvalue weighted by molar-refractivity contribution is 0.399. The van der Waals surface area contributed by atoms with Gasteiger partial charge in [0.15, 0.2) is 11.3 Å². The Kier molecular flexibility index (Phi) is 2.02. The fourth-order valence-electron chi connectivity index (χ4n) is 2.13. The molecular weight excluding hydrogens is 260 g/mol. The summed E-state index contributed by atoms with van der Waals surface area (Å²) in [4.78, 5) is 16.0. The van der Waals surface area contributed by atoms with Crippen LogP contribution in [0.2, 0.25) is 0 Å². The molecule has 0 radical (unpaired) electrons. The first kappa shape index (κ1) is 10.9. The van der Waals surface area contributed by atoms with E-state index in [2.05, 4.69) is 25.4 Å². The van der Waals surface area contributed by atoms with E-state index in [1.807, 2.05) is 0 Å². The van der Waals surface area contributed by atoms with E-state index in [0.717, 1.165) is 0 Å². The summed E-state index contributed by atoms with van der Waals surface area (Å²) in [5, 5.41) is 15.9. The van der Waals surface area contributed by atoms with Gasteiger partial charge in [0.1, 0.15) is 5.76 Å². The van der Waals surface area contributed by atoms with Crippen molar-refractivity contribution in [1.82, 2.24) is 30.0 Å². The molecule has 4 aromatic rings. The second-order valence-electron chi connectivity index (χ2n) is 4.37. The first-order valence-corrected chi connectivity index (χ1v) is 5.89. The molecule has 0 atom stereocenters. The van der Waals surface area contributed by atoms with Crippen molar-refractivity contribution < 1.29 is 4.52 Å². The minimum absolute atomic E-state index is 0.262. The number of pyridine rings is 1. The van der Waals surface area contributed by atoms with Gasteiger partial charge in [-0.25, -0.2) is 4.52 Å². The van der Waals surface area contributed by atoms with Gasteiger partial charge in [0.05, 0.1) is 5.39 Å². The van der Waals surface area contributed by atoms with Gasteiger partial charge in [-0.1, -0.05) is 5.16 Å². The van der Waals surface area contributed by atoms with Crippen molar-refractivity contribution in [3.8, 4) is 11.5 Å². The number of rotatable bonds is 1. The maximum absolute atomic E-state index is 12.1. The zero-order chi connectivity index (χ0) is 13.7. The quantitative estimate of drug-likeness (QED) is 0.551. The summed E-state index contributed by atoms with van der Waals surface area (Å²) in [6.07, 6.45) is 3.11. The molecule has 0 aliphatic heterocycles. The van der Waals surface area contributed by atoms with Gasteiger partial charge in [0, 0.05) is 23.8 Å². The third-order valence-electron chi connectivity index (χ3n) is 3.04. The van der Waals surface area contributed by atoms with Gasteiger partial charge in [-0.15, -0.1) is 10.2 Å². The van der Waals surface area contributed by atoms with Crippen molar-refractivity contribution in [3.63, 3.8) is 0 Å². The predicted octanol–water partition coefficient (Wildman–Crippen LogP) is 0.929. The molecule has 0 bridgehead atoms. The number of hydrogen-bond acceptors (Lipinski definition) is 6. The smallest absolute Gasteiger partial charge is 0.272 e. The van der Waals surface area contributed by atoms with Crippen LogP contribution in [0.3, 0.4) is 0 Å². The molecule has 0 aliphatic rings. The monoisotopic (exact) mass is 268 g/mol. The second-order valence-corrected chi connectivity index (χ2v) is 4.37. The van der Waals surface area contributed by atoms with Crippen LogP contribution in [0.4, 0.5) is 0 Å². The highest BCUT2D eigenvalue weighted by Gasteiger charge is 2.15. The van der Waals surface area contributed by atoms with Crippen LogP contribution in [0.15, 0.2) is 33.8 Å². The Hall–Kier alpha value is -3.03. The fourth-order valence-corrected chi connectivity index (χ4v) is 2.13. The first-order chi connectivity index (χ1) is 9.74. The van der Waals surface area contributed by atoms with Gasteiger partial charge in [0.2, 0.25) is 5.82 Å². The third-order valence-corrected chi connectivity index (χ3v) is 3.04. The van der Waals surface area contributed by atoms with Crippen molar-refractivity contribution in [2.45, 2.75) is 6.92 Å². The van der Waals surface area contributed by atoms with Crippen LogP contribution in [-0.4, -0.2) is 30.0 Å². The highest BCUT2D eigenvalue weighted by Crippen LogP contribution is 2.20. The molecule has 8 heteroatoms. The van der Waals surface area contributed by atoms with Gasteiger partial charge in [-0.2, -0.15) is 0 Å². The molecule has 1 N–H and O–H groups in total. The predicted molar refractivity (Wildman–Crippen MR) is 69.1 cm³/mol. The van der Waals surface area contributed by atoms with Gasteiger partial charge in [-0.05, 0) is 13.0 Å². The van der Waals surface area contributed by atoms with Crippen LogP contribution in [0, 0.1) is 6.92 Å². The lowest BCUT2D eigenvalue weighted by Crippen LogP contribution is -2.12. The number of nitrogens with zero attached hydrogens (tertiary/aromatic N) is 5. The number of H-pyrrole nitrogens is 1. The Morgan fingerprint density at radius 2 is 2.20 bits per heavy atom. The van der Waals surface area contributed by atoms with E-state index in [4.69, 9.17) is 4.52 Å². The molecule has 4 rings (SSSR count). The fraction of sp³-hybridized carbons (Fsp3) is 0.0833. The molecule has 0 saturated heterocycles. The average molecular weight is 268 g/mol. The van der Waals surface area contributed by atoms with Crippen LogP contribution in [0.5, 0.6) is 0 Å². The van der Waals surface area contributed by atoms with E-state index in [1.54, 1.807) is 25.3 Å². The average Bonchev–Trinajstić information content (AvgIpc) is 3.05. The minimum Gasteiger partial charge on any atom is -0.361 e. The molecule has 0 spiro atoms. The van der Waals surface area contributed by atoms with Gasteiger partial charge in [0.25, 0.3) is 5.56 Å². The molecule has 8 nitrogen and oxygen atoms in total. The molecule has 98 valence electrons. The van der Waals surface area contributed by atoms with Crippen molar-refractivity contribution >= 4 is 16.4 Å². The Labute approximate surface area is 111 Å². The summed E-state index contributed by atoms with van der Waals surface area (Å²) in [5.41, 5.74) is 0.790. The minimum atomic E-state index is -0.262. The second kappa shape index (κ2) is 3.73. The molecule has 4 aromatic heterocycles. The molecule has 4 heterocycles. The van der Waals surface area contributed by atoms with Gasteiger partial charge in [-0.3, -0.25) is 14.9 Å². The summed E-state index contributed by atoms with van der Waals surface area (Å²) >= 11 is 0. The number of fused-ring (bicyclic) bond motifs is 3. The molecule has 0 aromatic carbocycles. The summed E-state index contributed by atoms with van der Waals surface area (Å²) in [6.45, 7) is 1.78. The van der Waals surface area contributed by atoms with E-state index in [0.29, 0.717) is 33.7 Å². The summed E-state index contributed by atoms with van der Waals surface area (Å²) in [7, 11) is 0. The molecule has 0 aliphatic carbocycles. The van der Waals surface area contributed by atoms with Crippen molar-refractivity contribution in [2.24, 2.45) is 0 Å². The summed E-state index contributed by atoms with van der Waals surface area (Å²) in [6, 6.07) is 3.46. The summed E-state index contributed by atoms with van der Waals surface area (Å²) < 4.78 is 6.52. The Balaban J connectivity index is 2.14. The largest absolute Gasteiger partial charge is 0.361 e. The van der Waals surface area contributed by atoms with E-state index >= 15 is 0 Å². The number of hydrogen-bond donors (Lipinski definition) is 1. The standard InChI is InChI=1S/C12H8N6O2/c1-6-4-9(17-20-6)11-15-14-10-7-2-3-13-5-8(7)12(19)16-18(10)11/h2-5H,1H3,(H,16,19). The first-order valence-electron chi connectivity index (χ1n) is 5.89. The summed E-state index contributed by atoms with van der Waals surface area (Å²) in [5.74, 6) is 1.08. The zero-order valence-corrected chi connectivity index (χ0v) is 10.4. The molecule has 0 amide bonds. The van der Waals surface area contributed by atoms with Gasteiger partial charge < -0.3 is 4.52 Å². The molecular formula is C12H8N6O2. The molecule has 20 heavy (non-hydrogen) atoms. The van der Waals surface area contributed by atoms with Crippen molar-refractivity contribution in [3.05, 3.63) is 40.6 Å². The zero-order valence-electron chi connectivity index (χ0n) is 10.4. The Morgan fingerprint density at radius 1 is 1.30 bits per heavy atom. The number of aryl methyl sites for hydroxylation is 1. The van der Waals surface area contributed by atoms with E-state index in [-0.39, 0.29) is 5.56 Å². The lowest BCUT2D eigenvalue weighted by Gasteiger charge is -1.99.